The Hall–Kier alpha value is -2.41. The number of benzene rings is 2. The van der Waals surface area contributed by atoms with Crippen LogP contribution >= 0.6 is 0 Å². The van der Waals surface area contributed by atoms with Gasteiger partial charge in [0, 0.05) is 11.6 Å². The fourth-order valence-electron chi connectivity index (χ4n) is 2.00. The highest BCUT2D eigenvalue weighted by Crippen LogP contribution is 2.19. The molecule has 122 valence electrons. The Morgan fingerprint density at radius 1 is 1.00 bits per heavy atom. The number of anilines is 1. The molecule has 2 aromatic rings. The number of rotatable bonds is 5. The fraction of sp³-hybridized carbons (Fsp3) is 0.188. The van der Waals surface area contributed by atoms with Crippen molar-refractivity contribution in [2.75, 3.05) is 11.9 Å². The summed E-state index contributed by atoms with van der Waals surface area (Å²) in [5, 5.41) is 4.89. The van der Waals surface area contributed by atoms with Gasteiger partial charge in [0.2, 0.25) is 5.91 Å². The molecule has 0 saturated heterocycles. The molecule has 0 aliphatic heterocycles. The van der Waals surface area contributed by atoms with Crippen LogP contribution in [0.15, 0.2) is 36.4 Å². The average Bonchev–Trinajstić information content (AvgIpc) is 2.53. The van der Waals surface area contributed by atoms with Gasteiger partial charge in [-0.05, 0) is 25.1 Å². The molecule has 0 saturated carbocycles. The molecular weight excluding hydrogens is 312 g/mol. The SMILES string of the molecule is CC(NCC(=O)Nc1ccc(F)c(F)c1F)c1ccccc1F. The second kappa shape index (κ2) is 7.23. The number of hydrogen-bond donors (Lipinski definition) is 2. The number of carbonyl (C=O) groups excluding carboxylic acids is 1. The third kappa shape index (κ3) is 4.07. The zero-order valence-corrected chi connectivity index (χ0v) is 12.2. The summed E-state index contributed by atoms with van der Waals surface area (Å²) in [6.07, 6.45) is 0. The first kappa shape index (κ1) is 17.0. The first-order valence-electron chi connectivity index (χ1n) is 6.81. The van der Waals surface area contributed by atoms with Crippen LogP contribution < -0.4 is 10.6 Å². The first-order chi connectivity index (χ1) is 10.9. The van der Waals surface area contributed by atoms with E-state index in [2.05, 4.69) is 10.6 Å². The van der Waals surface area contributed by atoms with Crippen molar-refractivity contribution in [1.29, 1.82) is 0 Å². The second-order valence-electron chi connectivity index (χ2n) is 4.90. The van der Waals surface area contributed by atoms with E-state index in [0.717, 1.165) is 6.07 Å². The van der Waals surface area contributed by atoms with E-state index in [1.807, 2.05) is 0 Å². The molecule has 2 N–H and O–H groups in total. The van der Waals surface area contributed by atoms with Crippen LogP contribution in [0.1, 0.15) is 18.5 Å². The van der Waals surface area contributed by atoms with Crippen LogP contribution in [-0.2, 0) is 4.79 Å². The molecule has 2 aromatic carbocycles. The first-order valence-corrected chi connectivity index (χ1v) is 6.81. The largest absolute Gasteiger partial charge is 0.322 e. The lowest BCUT2D eigenvalue weighted by Gasteiger charge is -2.15. The topological polar surface area (TPSA) is 41.1 Å². The minimum absolute atomic E-state index is 0.256. The van der Waals surface area contributed by atoms with Crippen molar-refractivity contribution < 1.29 is 22.4 Å². The number of nitrogens with one attached hydrogen (secondary N) is 2. The molecule has 0 radical (unpaired) electrons. The Morgan fingerprint density at radius 3 is 2.39 bits per heavy atom. The number of carbonyl (C=O) groups is 1. The molecule has 1 unspecified atom stereocenters. The molecule has 7 heteroatoms. The maximum atomic E-state index is 13.6. The van der Waals surface area contributed by atoms with Crippen molar-refractivity contribution in [3.8, 4) is 0 Å². The van der Waals surface area contributed by atoms with Crippen molar-refractivity contribution in [2.24, 2.45) is 0 Å². The molecule has 0 heterocycles. The lowest BCUT2D eigenvalue weighted by atomic mass is 10.1. The van der Waals surface area contributed by atoms with E-state index in [9.17, 15) is 22.4 Å². The minimum atomic E-state index is -1.66. The normalized spacial score (nSPS) is 12.0. The van der Waals surface area contributed by atoms with Crippen LogP contribution in [0.2, 0.25) is 0 Å². The van der Waals surface area contributed by atoms with Gasteiger partial charge < -0.3 is 10.6 Å². The van der Waals surface area contributed by atoms with E-state index < -0.39 is 40.9 Å². The maximum absolute atomic E-state index is 13.6. The standard InChI is InChI=1S/C16H14F4N2O/c1-9(10-4-2-3-5-11(10)17)21-8-14(23)22-13-7-6-12(18)15(19)16(13)20/h2-7,9,21H,8H2,1H3,(H,22,23). The van der Waals surface area contributed by atoms with E-state index in [0.29, 0.717) is 11.6 Å². The summed E-state index contributed by atoms with van der Waals surface area (Å²) in [6.45, 7) is 1.40. The molecule has 0 aliphatic carbocycles. The molecule has 3 nitrogen and oxygen atoms in total. The van der Waals surface area contributed by atoms with Crippen molar-refractivity contribution in [1.82, 2.24) is 5.32 Å². The van der Waals surface area contributed by atoms with E-state index in [1.54, 1.807) is 25.1 Å². The van der Waals surface area contributed by atoms with E-state index in [-0.39, 0.29) is 6.54 Å². The van der Waals surface area contributed by atoms with E-state index in [1.165, 1.54) is 6.07 Å². The molecule has 0 aliphatic rings. The summed E-state index contributed by atoms with van der Waals surface area (Å²) in [5.41, 5.74) is -0.0893. The van der Waals surface area contributed by atoms with Gasteiger partial charge in [0.15, 0.2) is 17.5 Å². The van der Waals surface area contributed by atoms with Gasteiger partial charge >= 0.3 is 0 Å². The Morgan fingerprint density at radius 2 is 1.70 bits per heavy atom. The van der Waals surface area contributed by atoms with Crippen LogP contribution in [0.5, 0.6) is 0 Å². The smallest absolute Gasteiger partial charge is 0.238 e. The van der Waals surface area contributed by atoms with Gasteiger partial charge in [0.1, 0.15) is 5.82 Å². The molecule has 23 heavy (non-hydrogen) atoms. The summed E-state index contributed by atoms with van der Waals surface area (Å²) >= 11 is 0. The monoisotopic (exact) mass is 326 g/mol. The molecule has 1 atom stereocenters. The Labute approximate surface area is 130 Å². The predicted molar refractivity (Wildman–Crippen MR) is 77.8 cm³/mol. The summed E-state index contributed by atoms with van der Waals surface area (Å²) < 4.78 is 52.9. The van der Waals surface area contributed by atoms with Crippen molar-refractivity contribution in [3.63, 3.8) is 0 Å². The van der Waals surface area contributed by atoms with Gasteiger partial charge in [-0.15, -0.1) is 0 Å². The summed E-state index contributed by atoms with van der Waals surface area (Å²) in [6, 6.07) is 7.24. The summed E-state index contributed by atoms with van der Waals surface area (Å²) in [5.74, 6) is -5.56. The lowest BCUT2D eigenvalue weighted by Crippen LogP contribution is -2.30. The van der Waals surface area contributed by atoms with Crippen LogP contribution in [0, 0.1) is 23.3 Å². The van der Waals surface area contributed by atoms with Gasteiger partial charge in [-0.2, -0.15) is 0 Å². The minimum Gasteiger partial charge on any atom is -0.322 e. The fourth-order valence-corrected chi connectivity index (χ4v) is 2.00. The zero-order valence-electron chi connectivity index (χ0n) is 12.2. The molecular formula is C16H14F4N2O. The molecule has 0 spiro atoms. The molecule has 1 amide bonds. The van der Waals surface area contributed by atoms with Crippen LogP contribution in [-0.4, -0.2) is 12.5 Å². The van der Waals surface area contributed by atoms with Gasteiger partial charge in [0.05, 0.1) is 12.2 Å². The van der Waals surface area contributed by atoms with Crippen LogP contribution in [0.3, 0.4) is 0 Å². The van der Waals surface area contributed by atoms with Crippen LogP contribution in [0.4, 0.5) is 23.2 Å². The molecule has 0 fully saturated rings. The summed E-state index contributed by atoms with van der Waals surface area (Å²) in [7, 11) is 0. The van der Waals surface area contributed by atoms with Crippen molar-refractivity contribution in [2.45, 2.75) is 13.0 Å². The van der Waals surface area contributed by atoms with Crippen molar-refractivity contribution >= 4 is 11.6 Å². The third-order valence-electron chi connectivity index (χ3n) is 3.25. The molecule has 0 aromatic heterocycles. The third-order valence-corrected chi connectivity index (χ3v) is 3.25. The Balaban J connectivity index is 1.96. The number of halogens is 4. The highest BCUT2D eigenvalue weighted by Gasteiger charge is 2.16. The van der Waals surface area contributed by atoms with Crippen molar-refractivity contribution in [3.05, 3.63) is 65.2 Å². The van der Waals surface area contributed by atoms with Gasteiger partial charge in [-0.3, -0.25) is 4.79 Å². The molecule has 2 rings (SSSR count). The number of amides is 1. The average molecular weight is 326 g/mol. The van der Waals surface area contributed by atoms with E-state index >= 15 is 0 Å². The van der Waals surface area contributed by atoms with Gasteiger partial charge in [-0.1, -0.05) is 18.2 Å². The lowest BCUT2D eigenvalue weighted by molar-refractivity contribution is -0.115. The second-order valence-corrected chi connectivity index (χ2v) is 4.90. The Kier molecular flexibility index (Phi) is 5.33. The van der Waals surface area contributed by atoms with E-state index in [4.69, 9.17) is 0 Å². The van der Waals surface area contributed by atoms with Gasteiger partial charge in [-0.25, -0.2) is 17.6 Å². The van der Waals surface area contributed by atoms with Crippen LogP contribution in [0.25, 0.3) is 0 Å². The predicted octanol–water partition coefficient (Wildman–Crippen LogP) is 3.53. The zero-order chi connectivity index (χ0) is 17.0. The maximum Gasteiger partial charge on any atom is 0.238 e. The highest BCUT2D eigenvalue weighted by atomic mass is 19.2. The molecule has 0 bridgehead atoms. The van der Waals surface area contributed by atoms with Gasteiger partial charge in [0.25, 0.3) is 0 Å². The highest BCUT2D eigenvalue weighted by molar-refractivity contribution is 5.92. The quantitative estimate of drug-likeness (QED) is 0.652. The summed E-state index contributed by atoms with van der Waals surface area (Å²) in [4.78, 5) is 11.7. The Bertz CT molecular complexity index is 721. The number of hydrogen-bond acceptors (Lipinski definition) is 2.